The van der Waals surface area contributed by atoms with Gasteiger partial charge >= 0.3 is 5.97 Å². The number of hydrogen-bond acceptors (Lipinski definition) is 3. The van der Waals surface area contributed by atoms with Gasteiger partial charge in [-0.1, -0.05) is 56.9 Å². The summed E-state index contributed by atoms with van der Waals surface area (Å²) in [7, 11) is 0. The second-order valence-corrected chi connectivity index (χ2v) is 8.55. The van der Waals surface area contributed by atoms with Crippen LogP contribution in [0.4, 0.5) is 13.2 Å². The van der Waals surface area contributed by atoms with Crippen LogP contribution in [-0.4, -0.2) is 5.97 Å². The van der Waals surface area contributed by atoms with Gasteiger partial charge in [0.25, 0.3) is 0 Å². The van der Waals surface area contributed by atoms with Crippen LogP contribution in [0.25, 0.3) is 11.1 Å². The zero-order valence-corrected chi connectivity index (χ0v) is 18.9. The van der Waals surface area contributed by atoms with Gasteiger partial charge in [-0.2, -0.15) is 5.26 Å². The first kappa shape index (κ1) is 23.6. The third-order valence-corrected chi connectivity index (χ3v) is 6.20. The molecule has 0 radical (unpaired) electrons. The summed E-state index contributed by atoms with van der Waals surface area (Å²) >= 11 is 0. The van der Waals surface area contributed by atoms with Crippen molar-refractivity contribution in [3.63, 3.8) is 0 Å². The lowest BCUT2D eigenvalue weighted by atomic mass is 9.99. The highest BCUT2D eigenvalue weighted by Crippen LogP contribution is 2.39. The minimum Gasteiger partial charge on any atom is -0.423 e. The highest BCUT2D eigenvalue weighted by molar-refractivity contribution is 5.93. The minimum absolute atomic E-state index is 0.312. The van der Waals surface area contributed by atoms with E-state index in [1.807, 2.05) is 6.07 Å². The monoisotopic (exact) mass is 463 g/mol. The number of fused-ring (bicyclic) bond motifs is 3. The molecule has 6 heteroatoms. The molecule has 0 heterocycles. The lowest BCUT2D eigenvalue weighted by molar-refractivity contribution is 0.0729. The molecule has 3 aromatic carbocycles. The van der Waals surface area contributed by atoms with Gasteiger partial charge in [0.05, 0.1) is 5.56 Å². The molecule has 0 saturated heterocycles. The first-order valence-corrected chi connectivity index (χ1v) is 11.5. The minimum atomic E-state index is -1.16. The fourth-order valence-electron chi connectivity index (χ4n) is 4.42. The maximum Gasteiger partial charge on any atom is 0.346 e. The molecular formula is C28H24F3NO2. The number of halogens is 3. The summed E-state index contributed by atoms with van der Waals surface area (Å²) in [5.74, 6) is -4.51. The smallest absolute Gasteiger partial charge is 0.346 e. The van der Waals surface area contributed by atoms with E-state index in [0.717, 1.165) is 41.7 Å². The number of carbonyl (C=O) groups is 1. The number of ether oxygens (including phenoxy) is 1. The van der Waals surface area contributed by atoms with Crippen LogP contribution in [-0.2, 0) is 12.8 Å². The Balaban J connectivity index is 1.51. The predicted molar refractivity (Wildman–Crippen MR) is 123 cm³/mol. The van der Waals surface area contributed by atoms with E-state index in [2.05, 4.69) is 19.1 Å². The normalized spacial score (nSPS) is 11.6. The summed E-state index contributed by atoms with van der Waals surface area (Å²) < 4.78 is 47.9. The van der Waals surface area contributed by atoms with Crippen molar-refractivity contribution in [3.8, 4) is 22.9 Å². The van der Waals surface area contributed by atoms with Crippen LogP contribution in [0.15, 0.2) is 42.5 Å². The van der Waals surface area contributed by atoms with Crippen LogP contribution in [0.5, 0.6) is 5.75 Å². The Morgan fingerprint density at radius 1 is 0.971 bits per heavy atom. The number of nitriles is 1. The Morgan fingerprint density at radius 3 is 2.38 bits per heavy atom. The molecule has 0 N–H and O–H groups in total. The zero-order valence-electron chi connectivity index (χ0n) is 18.9. The Hall–Kier alpha value is -3.59. The number of unbranched alkanes of at least 4 members (excludes halogenated alkanes) is 4. The van der Waals surface area contributed by atoms with Crippen LogP contribution in [0.2, 0.25) is 0 Å². The van der Waals surface area contributed by atoms with Crippen molar-refractivity contribution in [1.29, 1.82) is 5.26 Å². The molecule has 0 saturated carbocycles. The predicted octanol–water partition coefficient (Wildman–Crippen LogP) is 7.28. The molecular weight excluding hydrogens is 439 g/mol. The number of aryl methyl sites for hydroxylation is 1. The van der Waals surface area contributed by atoms with Gasteiger partial charge in [0.2, 0.25) is 0 Å². The molecule has 34 heavy (non-hydrogen) atoms. The van der Waals surface area contributed by atoms with Crippen molar-refractivity contribution in [2.24, 2.45) is 0 Å². The SMILES string of the molecule is CCCCCCCc1ccc2c(c1)Cc1c-2ccc(C(=O)Oc2cc(F)c(C#N)c(F)c2)c1F. The standard InChI is InChI=1S/C28H24F3NO2/c1-2-3-4-5-6-7-17-8-9-20-18(12-17)13-23-21(20)10-11-22(27(23)31)28(33)34-19-14-25(29)24(16-32)26(30)15-19/h8-12,14-15H,2-7,13H2,1H3. The van der Waals surface area contributed by atoms with Gasteiger partial charge in [0, 0.05) is 24.1 Å². The van der Waals surface area contributed by atoms with Crippen molar-refractivity contribution >= 4 is 5.97 Å². The zero-order chi connectivity index (χ0) is 24.2. The quantitative estimate of drug-likeness (QED) is 0.157. The first-order chi connectivity index (χ1) is 16.4. The molecule has 1 aliphatic rings. The number of benzene rings is 3. The van der Waals surface area contributed by atoms with Crippen molar-refractivity contribution in [1.82, 2.24) is 0 Å². The maximum atomic E-state index is 15.3. The largest absolute Gasteiger partial charge is 0.423 e. The molecule has 0 aliphatic heterocycles. The number of rotatable bonds is 8. The van der Waals surface area contributed by atoms with Crippen LogP contribution < -0.4 is 4.74 Å². The molecule has 0 aromatic heterocycles. The van der Waals surface area contributed by atoms with Crippen LogP contribution in [0, 0.1) is 28.8 Å². The Kier molecular flexibility index (Phi) is 7.02. The molecule has 4 rings (SSSR count). The molecule has 0 fully saturated rings. The number of hydrogen-bond donors (Lipinski definition) is 0. The van der Waals surface area contributed by atoms with E-state index < -0.39 is 34.7 Å². The summed E-state index contributed by atoms with van der Waals surface area (Å²) in [6.07, 6.45) is 7.34. The highest BCUT2D eigenvalue weighted by atomic mass is 19.1. The van der Waals surface area contributed by atoms with Gasteiger partial charge in [0.1, 0.15) is 34.8 Å². The van der Waals surface area contributed by atoms with Gasteiger partial charge in [0.15, 0.2) is 0 Å². The molecule has 174 valence electrons. The van der Waals surface area contributed by atoms with E-state index in [1.54, 1.807) is 6.07 Å². The van der Waals surface area contributed by atoms with E-state index in [-0.39, 0.29) is 5.56 Å². The average molecular weight is 463 g/mol. The topological polar surface area (TPSA) is 50.1 Å². The van der Waals surface area contributed by atoms with Gasteiger partial charge in [-0.05, 0) is 41.2 Å². The van der Waals surface area contributed by atoms with Gasteiger partial charge in [-0.25, -0.2) is 18.0 Å². The molecule has 0 amide bonds. The van der Waals surface area contributed by atoms with Crippen LogP contribution in [0.1, 0.15) is 71.6 Å². The van der Waals surface area contributed by atoms with E-state index in [0.29, 0.717) is 12.0 Å². The molecule has 0 bridgehead atoms. The first-order valence-electron chi connectivity index (χ1n) is 11.5. The molecule has 1 aliphatic carbocycles. The van der Waals surface area contributed by atoms with Crippen molar-refractivity contribution in [3.05, 3.63) is 87.7 Å². The lowest BCUT2D eigenvalue weighted by Gasteiger charge is -2.09. The summed E-state index contributed by atoms with van der Waals surface area (Å²) in [4.78, 5) is 12.6. The van der Waals surface area contributed by atoms with E-state index >= 15 is 4.39 Å². The van der Waals surface area contributed by atoms with Crippen molar-refractivity contribution < 1.29 is 22.7 Å². The molecule has 3 nitrogen and oxygen atoms in total. The molecule has 0 unspecified atom stereocenters. The Morgan fingerprint density at radius 2 is 1.68 bits per heavy atom. The molecule has 0 atom stereocenters. The number of esters is 1. The molecule has 3 aromatic rings. The maximum absolute atomic E-state index is 15.3. The second-order valence-electron chi connectivity index (χ2n) is 8.55. The second kappa shape index (κ2) is 10.1. The number of carbonyl (C=O) groups excluding carboxylic acids is 1. The fourth-order valence-corrected chi connectivity index (χ4v) is 4.42. The van der Waals surface area contributed by atoms with E-state index in [9.17, 15) is 13.6 Å². The van der Waals surface area contributed by atoms with Crippen LogP contribution in [0.3, 0.4) is 0 Å². The summed E-state index contributed by atoms with van der Waals surface area (Å²) in [6.45, 7) is 2.19. The van der Waals surface area contributed by atoms with Crippen LogP contribution >= 0.6 is 0 Å². The summed E-state index contributed by atoms with van der Waals surface area (Å²) in [5.41, 5.74) is 3.22. The Bertz CT molecular complexity index is 1270. The third-order valence-electron chi connectivity index (χ3n) is 6.20. The third kappa shape index (κ3) is 4.70. The highest BCUT2D eigenvalue weighted by Gasteiger charge is 2.27. The summed E-state index contributed by atoms with van der Waals surface area (Å²) in [6, 6.07) is 12.0. The lowest BCUT2D eigenvalue weighted by Crippen LogP contribution is -2.12. The fraction of sp³-hybridized carbons (Fsp3) is 0.286. The molecule has 0 spiro atoms. The van der Waals surface area contributed by atoms with Gasteiger partial charge in [-0.3, -0.25) is 0 Å². The summed E-state index contributed by atoms with van der Waals surface area (Å²) in [5, 5.41) is 8.75. The van der Waals surface area contributed by atoms with Gasteiger partial charge < -0.3 is 4.74 Å². The van der Waals surface area contributed by atoms with Gasteiger partial charge in [-0.15, -0.1) is 0 Å². The van der Waals surface area contributed by atoms with E-state index in [4.69, 9.17) is 10.00 Å². The Labute approximate surface area is 196 Å². The number of nitrogens with zero attached hydrogens (tertiary/aromatic N) is 1. The average Bonchev–Trinajstić information content (AvgIpc) is 3.18. The van der Waals surface area contributed by atoms with Crippen molar-refractivity contribution in [2.75, 3.05) is 0 Å². The van der Waals surface area contributed by atoms with Crippen molar-refractivity contribution in [2.45, 2.75) is 51.9 Å². The van der Waals surface area contributed by atoms with E-state index in [1.165, 1.54) is 43.4 Å².